The number of nitrogens with zero attached hydrogens (tertiary/aromatic N) is 5. The van der Waals surface area contributed by atoms with Crippen LogP contribution in [0.15, 0.2) is 216 Å². The van der Waals surface area contributed by atoms with Gasteiger partial charge in [-0.25, -0.2) is 10.0 Å². The van der Waals surface area contributed by atoms with Crippen molar-refractivity contribution in [3.05, 3.63) is 217 Å². The average Bonchev–Trinajstić information content (AvgIpc) is 3.27. The van der Waals surface area contributed by atoms with E-state index in [9.17, 15) is 0 Å². The van der Waals surface area contributed by atoms with Gasteiger partial charge in [-0.2, -0.15) is 10.2 Å². The van der Waals surface area contributed by atoms with Crippen molar-refractivity contribution in [2.45, 2.75) is 6.92 Å². The Kier molecular flexibility index (Phi) is 12.6. The molecule has 7 aromatic rings. The Morgan fingerprint density at radius 2 is 0.768 bits per heavy atom. The Hall–Kier alpha value is -7.44. The van der Waals surface area contributed by atoms with Gasteiger partial charge in [0.1, 0.15) is 5.75 Å². The summed E-state index contributed by atoms with van der Waals surface area (Å²) in [5.74, 6) is 0.818. The minimum Gasteiger partial charge on any atom is -0.492 e. The minimum absolute atomic E-state index is 0.569. The lowest BCUT2D eigenvalue weighted by molar-refractivity contribution is 0.341. The highest BCUT2D eigenvalue weighted by Gasteiger charge is 2.17. The molecule has 0 aliphatic heterocycles. The van der Waals surface area contributed by atoms with Crippen molar-refractivity contribution >= 4 is 64.4 Å². The van der Waals surface area contributed by atoms with Crippen molar-refractivity contribution in [3.63, 3.8) is 0 Å². The van der Waals surface area contributed by atoms with E-state index in [1.807, 2.05) is 133 Å². The Morgan fingerprint density at radius 1 is 0.411 bits per heavy atom. The van der Waals surface area contributed by atoms with Gasteiger partial charge in [-0.1, -0.05) is 121 Å². The number of rotatable bonds is 15. The van der Waals surface area contributed by atoms with Gasteiger partial charge in [0.2, 0.25) is 0 Å². The first-order valence-corrected chi connectivity index (χ1v) is 18.7. The normalized spacial score (nSPS) is 11.4. The summed E-state index contributed by atoms with van der Waals surface area (Å²) in [7, 11) is 0. The van der Waals surface area contributed by atoms with E-state index in [0.717, 1.165) is 56.7 Å². The highest BCUT2D eigenvalue weighted by molar-refractivity contribution is 5.84. The monoisotopic (exact) mass is 729 g/mol. The summed E-state index contributed by atoms with van der Waals surface area (Å²) in [5, 5.41) is 13.4. The number of hydrazone groups is 2. The number of para-hydroxylation sites is 6. The molecule has 0 spiro atoms. The van der Waals surface area contributed by atoms with E-state index in [4.69, 9.17) is 14.9 Å². The van der Waals surface area contributed by atoms with Crippen LogP contribution < -0.4 is 19.7 Å². The molecule has 6 nitrogen and oxygen atoms in total. The molecule has 7 aromatic carbocycles. The van der Waals surface area contributed by atoms with Gasteiger partial charge in [-0.15, -0.1) is 0 Å². The van der Waals surface area contributed by atoms with Gasteiger partial charge < -0.3 is 9.64 Å². The number of hydrogen-bond acceptors (Lipinski definition) is 6. The molecular formula is C50H43N5O. The van der Waals surface area contributed by atoms with Crippen LogP contribution in [0.2, 0.25) is 0 Å². The first-order valence-electron chi connectivity index (χ1n) is 18.7. The molecule has 6 heteroatoms. The van der Waals surface area contributed by atoms with Crippen molar-refractivity contribution in [1.82, 2.24) is 0 Å². The average molecular weight is 730 g/mol. The van der Waals surface area contributed by atoms with Gasteiger partial charge in [-0.05, 0) is 115 Å². The van der Waals surface area contributed by atoms with E-state index in [1.54, 1.807) is 0 Å². The standard InChI is InChI=1S/C50H43N5O/c1-2-56-50-30-16-15-29-49(50)53(43-35-31-41(32-36-43)19-17-39-51-54(45-21-7-3-8-22-45)46-23-9-4-10-24-46)44-37-33-42(34-38-44)20-18-40-52-55(47-25-11-5-12-26-47)48-27-13-6-14-28-48/h3-40H,2H2,1H3. The lowest BCUT2D eigenvalue weighted by atomic mass is 10.1. The minimum atomic E-state index is 0.569. The van der Waals surface area contributed by atoms with Crippen molar-refractivity contribution in [3.8, 4) is 5.75 Å². The van der Waals surface area contributed by atoms with Crippen molar-refractivity contribution < 1.29 is 4.74 Å². The molecule has 56 heavy (non-hydrogen) atoms. The third-order valence-electron chi connectivity index (χ3n) is 8.83. The number of ether oxygens (including phenoxy) is 1. The first-order chi connectivity index (χ1) is 27.8. The Bertz CT molecular complexity index is 2130. The van der Waals surface area contributed by atoms with Gasteiger partial charge in [-0.3, -0.25) is 0 Å². The SMILES string of the molecule is CCOc1ccccc1N(c1ccc(C=CC=NN(c2ccccc2)c2ccccc2)cc1)c1ccc(C=CC=NN(c2ccccc2)c2ccccc2)cc1. The van der Waals surface area contributed by atoms with Crippen molar-refractivity contribution in [1.29, 1.82) is 0 Å². The Labute approximate surface area is 329 Å². The zero-order chi connectivity index (χ0) is 38.2. The second-order valence-electron chi connectivity index (χ2n) is 12.6. The molecule has 0 radical (unpaired) electrons. The van der Waals surface area contributed by atoms with Crippen LogP contribution in [0, 0.1) is 0 Å². The van der Waals surface area contributed by atoms with Crippen LogP contribution in [-0.2, 0) is 0 Å². The third-order valence-corrected chi connectivity index (χ3v) is 8.83. The second-order valence-corrected chi connectivity index (χ2v) is 12.6. The molecule has 0 N–H and O–H groups in total. The van der Waals surface area contributed by atoms with E-state index in [1.165, 1.54) is 0 Å². The van der Waals surface area contributed by atoms with E-state index in [2.05, 4.69) is 120 Å². The number of anilines is 7. The van der Waals surface area contributed by atoms with Crippen molar-refractivity contribution in [2.24, 2.45) is 10.2 Å². The largest absolute Gasteiger partial charge is 0.492 e. The number of hydrogen-bond donors (Lipinski definition) is 0. The fourth-order valence-corrected chi connectivity index (χ4v) is 6.18. The van der Waals surface area contributed by atoms with Gasteiger partial charge >= 0.3 is 0 Å². The second kappa shape index (κ2) is 19.1. The molecule has 0 saturated heterocycles. The molecule has 0 aromatic heterocycles. The van der Waals surface area contributed by atoms with Crippen LogP contribution in [0.4, 0.5) is 39.8 Å². The molecule has 0 bridgehead atoms. The maximum atomic E-state index is 6.10. The van der Waals surface area contributed by atoms with Gasteiger partial charge in [0.15, 0.2) is 0 Å². The van der Waals surface area contributed by atoms with Crippen LogP contribution in [0.5, 0.6) is 5.75 Å². The predicted octanol–water partition coefficient (Wildman–Crippen LogP) is 13.2. The smallest absolute Gasteiger partial charge is 0.143 e. The molecule has 0 fully saturated rings. The molecule has 0 atom stereocenters. The van der Waals surface area contributed by atoms with E-state index in [-0.39, 0.29) is 0 Å². The Morgan fingerprint density at radius 3 is 1.14 bits per heavy atom. The fourth-order valence-electron chi connectivity index (χ4n) is 6.18. The quantitative estimate of drug-likeness (QED) is 0.0778. The molecule has 0 saturated carbocycles. The van der Waals surface area contributed by atoms with E-state index in [0.29, 0.717) is 6.61 Å². The topological polar surface area (TPSA) is 43.7 Å². The first kappa shape index (κ1) is 36.9. The summed E-state index contributed by atoms with van der Waals surface area (Å²) in [5.41, 5.74) is 9.08. The van der Waals surface area contributed by atoms with E-state index >= 15 is 0 Å². The molecule has 0 unspecified atom stereocenters. The van der Waals surface area contributed by atoms with Crippen LogP contribution >= 0.6 is 0 Å². The molecule has 7 rings (SSSR count). The lowest BCUT2D eigenvalue weighted by Gasteiger charge is -2.27. The molecule has 0 aliphatic rings. The lowest BCUT2D eigenvalue weighted by Crippen LogP contribution is -2.11. The zero-order valence-electron chi connectivity index (χ0n) is 31.3. The van der Waals surface area contributed by atoms with Gasteiger partial charge in [0.05, 0.1) is 35.0 Å². The van der Waals surface area contributed by atoms with E-state index < -0.39 is 0 Å². The summed E-state index contributed by atoms with van der Waals surface area (Å²) in [6.45, 7) is 2.58. The summed E-state index contributed by atoms with van der Waals surface area (Å²) < 4.78 is 6.10. The molecular weight excluding hydrogens is 687 g/mol. The maximum Gasteiger partial charge on any atom is 0.143 e. The predicted molar refractivity (Wildman–Crippen MR) is 237 cm³/mol. The summed E-state index contributed by atoms with van der Waals surface area (Å²) in [6, 6.07) is 65.7. The molecule has 0 heterocycles. The van der Waals surface area contributed by atoms with Crippen molar-refractivity contribution in [2.75, 3.05) is 21.5 Å². The van der Waals surface area contributed by atoms with Gasteiger partial charge in [0.25, 0.3) is 0 Å². The molecule has 0 amide bonds. The summed E-state index contributed by atoms with van der Waals surface area (Å²) in [6.07, 6.45) is 11.7. The highest BCUT2D eigenvalue weighted by atomic mass is 16.5. The fraction of sp³-hybridized carbons (Fsp3) is 0.0400. The molecule has 274 valence electrons. The van der Waals surface area contributed by atoms with Crippen LogP contribution in [0.25, 0.3) is 12.2 Å². The van der Waals surface area contributed by atoms with Crippen LogP contribution in [-0.4, -0.2) is 19.0 Å². The Balaban J connectivity index is 1.10. The van der Waals surface area contributed by atoms with Crippen LogP contribution in [0.1, 0.15) is 18.1 Å². The van der Waals surface area contributed by atoms with Gasteiger partial charge in [0, 0.05) is 23.8 Å². The van der Waals surface area contributed by atoms with Crippen LogP contribution in [0.3, 0.4) is 0 Å². The maximum absolute atomic E-state index is 6.10. The molecule has 0 aliphatic carbocycles. The zero-order valence-corrected chi connectivity index (χ0v) is 31.3. The number of allylic oxidation sites excluding steroid dienone is 2. The number of benzene rings is 7. The summed E-state index contributed by atoms with van der Waals surface area (Å²) >= 11 is 0. The third kappa shape index (κ3) is 9.56. The highest BCUT2D eigenvalue weighted by Crippen LogP contribution is 2.40. The summed E-state index contributed by atoms with van der Waals surface area (Å²) in [4.78, 5) is 2.23.